The molecular formula is C19H32N4O3S2. The molecule has 0 aromatic carbocycles. The second-order valence-electron chi connectivity index (χ2n) is 7.62. The van der Waals surface area contributed by atoms with E-state index in [0.717, 1.165) is 13.1 Å². The van der Waals surface area contributed by atoms with E-state index in [0.29, 0.717) is 43.6 Å². The lowest BCUT2D eigenvalue weighted by Gasteiger charge is -2.35. The Balaban J connectivity index is 1.62. The van der Waals surface area contributed by atoms with Crippen LogP contribution in [0.15, 0.2) is 17.5 Å². The van der Waals surface area contributed by atoms with E-state index >= 15 is 0 Å². The molecule has 28 heavy (non-hydrogen) atoms. The van der Waals surface area contributed by atoms with Gasteiger partial charge in [0.25, 0.3) is 5.91 Å². The molecule has 0 bridgehead atoms. The van der Waals surface area contributed by atoms with Crippen molar-refractivity contribution in [2.45, 2.75) is 32.2 Å². The standard InChI is InChI=1S/C19H32N4O3S2/c1-17-5-2-3-9-21(17)12-13-22(19(24)18-6-4-15-27-18)14-16-28(25,26)23-10-7-20-8-11-23/h4,6,15,17,20H,2-3,5,7-14,16H2,1H3. The normalized spacial score (nSPS) is 22.2. The monoisotopic (exact) mass is 428 g/mol. The summed E-state index contributed by atoms with van der Waals surface area (Å²) in [5.74, 6) is -0.0742. The molecule has 158 valence electrons. The summed E-state index contributed by atoms with van der Waals surface area (Å²) in [6.45, 7) is 7.28. The van der Waals surface area contributed by atoms with Gasteiger partial charge in [0.2, 0.25) is 10.0 Å². The number of likely N-dealkylation sites (tertiary alicyclic amines) is 1. The minimum Gasteiger partial charge on any atom is -0.336 e. The van der Waals surface area contributed by atoms with Crippen LogP contribution in [-0.4, -0.2) is 92.6 Å². The molecule has 0 radical (unpaired) electrons. The molecule has 2 fully saturated rings. The van der Waals surface area contributed by atoms with Crippen molar-refractivity contribution in [1.29, 1.82) is 0 Å². The zero-order valence-corrected chi connectivity index (χ0v) is 18.3. The van der Waals surface area contributed by atoms with Gasteiger partial charge in [0.05, 0.1) is 10.6 Å². The zero-order valence-electron chi connectivity index (χ0n) is 16.7. The number of amides is 1. The van der Waals surface area contributed by atoms with Gasteiger partial charge in [0.15, 0.2) is 0 Å². The van der Waals surface area contributed by atoms with Crippen LogP contribution in [-0.2, 0) is 10.0 Å². The Morgan fingerprint density at radius 3 is 2.71 bits per heavy atom. The van der Waals surface area contributed by atoms with Crippen LogP contribution in [0.3, 0.4) is 0 Å². The number of sulfonamides is 1. The van der Waals surface area contributed by atoms with E-state index in [1.807, 2.05) is 17.5 Å². The van der Waals surface area contributed by atoms with Crippen LogP contribution in [0.4, 0.5) is 0 Å². The maximum absolute atomic E-state index is 13.0. The van der Waals surface area contributed by atoms with Crippen molar-refractivity contribution in [3.05, 3.63) is 22.4 Å². The fourth-order valence-electron chi connectivity index (χ4n) is 3.89. The maximum atomic E-state index is 13.0. The number of piperazine rings is 1. The molecule has 9 heteroatoms. The summed E-state index contributed by atoms with van der Waals surface area (Å²) in [7, 11) is -3.35. The third kappa shape index (κ3) is 5.76. The fourth-order valence-corrected chi connectivity index (χ4v) is 6.03. The average Bonchev–Trinajstić information content (AvgIpc) is 3.24. The molecule has 0 aliphatic carbocycles. The van der Waals surface area contributed by atoms with Crippen molar-refractivity contribution >= 4 is 27.3 Å². The lowest BCUT2D eigenvalue weighted by Crippen LogP contribution is -2.49. The van der Waals surface area contributed by atoms with Crippen LogP contribution >= 0.6 is 11.3 Å². The highest BCUT2D eigenvalue weighted by Gasteiger charge is 2.27. The molecule has 3 rings (SSSR count). The predicted molar refractivity (Wildman–Crippen MR) is 113 cm³/mol. The average molecular weight is 429 g/mol. The number of piperidine rings is 1. The van der Waals surface area contributed by atoms with E-state index in [9.17, 15) is 13.2 Å². The molecule has 1 unspecified atom stereocenters. The summed E-state index contributed by atoms with van der Waals surface area (Å²) >= 11 is 1.41. The van der Waals surface area contributed by atoms with Crippen molar-refractivity contribution in [2.24, 2.45) is 0 Å². The summed E-state index contributed by atoms with van der Waals surface area (Å²) < 4.78 is 27.0. The molecule has 2 saturated heterocycles. The van der Waals surface area contributed by atoms with Gasteiger partial charge < -0.3 is 10.2 Å². The highest BCUT2D eigenvalue weighted by molar-refractivity contribution is 7.89. The van der Waals surface area contributed by atoms with E-state index in [1.165, 1.54) is 30.6 Å². The van der Waals surface area contributed by atoms with Gasteiger partial charge in [-0.2, -0.15) is 4.31 Å². The Morgan fingerprint density at radius 1 is 1.25 bits per heavy atom. The number of hydrogen-bond acceptors (Lipinski definition) is 6. The molecule has 0 spiro atoms. The number of hydrogen-bond donors (Lipinski definition) is 1. The first kappa shape index (κ1) is 21.7. The van der Waals surface area contributed by atoms with Gasteiger partial charge in [-0.15, -0.1) is 11.3 Å². The Kier molecular flexibility index (Phi) is 7.87. The summed E-state index contributed by atoms with van der Waals surface area (Å²) in [6, 6.07) is 4.20. The first-order valence-corrected chi connectivity index (χ1v) is 12.7. The SMILES string of the molecule is CC1CCCCN1CCN(CCS(=O)(=O)N1CCNCC1)C(=O)c1cccs1. The molecule has 3 heterocycles. The molecule has 2 aliphatic rings. The van der Waals surface area contributed by atoms with E-state index in [1.54, 1.807) is 9.21 Å². The minimum atomic E-state index is -3.35. The Hall–Kier alpha value is -1.000. The molecule has 1 N–H and O–H groups in total. The van der Waals surface area contributed by atoms with Crippen LogP contribution in [0.2, 0.25) is 0 Å². The highest BCUT2D eigenvalue weighted by atomic mass is 32.2. The maximum Gasteiger partial charge on any atom is 0.263 e. The third-order valence-electron chi connectivity index (χ3n) is 5.71. The first-order valence-electron chi connectivity index (χ1n) is 10.2. The minimum absolute atomic E-state index is 0.0142. The van der Waals surface area contributed by atoms with Gasteiger partial charge >= 0.3 is 0 Å². The van der Waals surface area contributed by atoms with Gasteiger partial charge in [-0.25, -0.2) is 8.42 Å². The second kappa shape index (κ2) is 10.2. The van der Waals surface area contributed by atoms with Crippen LogP contribution in [0.1, 0.15) is 35.9 Å². The van der Waals surface area contributed by atoms with E-state index in [2.05, 4.69) is 17.1 Å². The van der Waals surface area contributed by atoms with Crippen LogP contribution in [0.25, 0.3) is 0 Å². The van der Waals surface area contributed by atoms with Crippen LogP contribution < -0.4 is 5.32 Å². The topological polar surface area (TPSA) is 73.0 Å². The number of rotatable bonds is 8. The lowest BCUT2D eigenvalue weighted by molar-refractivity contribution is 0.0722. The molecule has 7 nitrogen and oxygen atoms in total. The van der Waals surface area contributed by atoms with Crippen LogP contribution in [0.5, 0.6) is 0 Å². The van der Waals surface area contributed by atoms with Crippen molar-refractivity contribution in [1.82, 2.24) is 19.4 Å². The molecule has 0 saturated carbocycles. The fraction of sp³-hybridized carbons (Fsp3) is 0.737. The Labute approximate surface area is 172 Å². The number of thiophene rings is 1. The van der Waals surface area contributed by atoms with Gasteiger partial charge in [0.1, 0.15) is 0 Å². The molecule has 1 amide bonds. The van der Waals surface area contributed by atoms with Gasteiger partial charge in [-0.05, 0) is 37.8 Å². The number of nitrogens with one attached hydrogen (secondary N) is 1. The van der Waals surface area contributed by atoms with Crippen molar-refractivity contribution in [3.63, 3.8) is 0 Å². The van der Waals surface area contributed by atoms with E-state index in [-0.39, 0.29) is 18.2 Å². The van der Waals surface area contributed by atoms with Crippen molar-refractivity contribution in [2.75, 3.05) is 58.1 Å². The van der Waals surface area contributed by atoms with E-state index in [4.69, 9.17) is 0 Å². The molecule has 1 aromatic heterocycles. The summed E-state index contributed by atoms with van der Waals surface area (Å²) in [4.78, 5) is 17.8. The molecular weight excluding hydrogens is 396 g/mol. The van der Waals surface area contributed by atoms with Gasteiger partial charge in [-0.3, -0.25) is 9.69 Å². The predicted octanol–water partition coefficient (Wildman–Crippen LogP) is 1.30. The zero-order chi connectivity index (χ0) is 20.0. The Bertz CT molecular complexity index is 718. The smallest absolute Gasteiger partial charge is 0.263 e. The van der Waals surface area contributed by atoms with Crippen LogP contribution in [0, 0.1) is 0 Å². The highest BCUT2D eigenvalue weighted by Crippen LogP contribution is 2.17. The van der Waals surface area contributed by atoms with Gasteiger partial charge in [-0.1, -0.05) is 12.5 Å². The number of carbonyl (C=O) groups is 1. The Morgan fingerprint density at radius 2 is 2.04 bits per heavy atom. The van der Waals surface area contributed by atoms with E-state index < -0.39 is 10.0 Å². The number of carbonyl (C=O) groups excluding carboxylic acids is 1. The largest absolute Gasteiger partial charge is 0.336 e. The lowest BCUT2D eigenvalue weighted by atomic mass is 10.0. The quantitative estimate of drug-likeness (QED) is 0.676. The third-order valence-corrected chi connectivity index (χ3v) is 8.41. The number of nitrogens with zero attached hydrogens (tertiary/aromatic N) is 3. The summed E-state index contributed by atoms with van der Waals surface area (Å²) in [5.41, 5.74) is 0. The molecule has 1 aromatic rings. The molecule has 2 aliphatic heterocycles. The first-order chi connectivity index (χ1) is 13.5. The molecule has 1 atom stereocenters. The second-order valence-corrected chi connectivity index (χ2v) is 10.7. The van der Waals surface area contributed by atoms with Crippen molar-refractivity contribution < 1.29 is 13.2 Å². The summed E-state index contributed by atoms with van der Waals surface area (Å²) in [5, 5.41) is 5.06. The summed E-state index contributed by atoms with van der Waals surface area (Å²) in [6.07, 6.45) is 3.65. The van der Waals surface area contributed by atoms with Crippen molar-refractivity contribution in [3.8, 4) is 0 Å². The van der Waals surface area contributed by atoms with Gasteiger partial charge in [0, 0.05) is 51.9 Å².